The Morgan fingerprint density at radius 1 is 1.05 bits per heavy atom. The maximum absolute atomic E-state index is 12.1. The molecule has 0 bridgehead atoms. The third-order valence-electron chi connectivity index (χ3n) is 3.11. The van der Waals surface area contributed by atoms with Crippen LogP contribution in [-0.4, -0.2) is 28.4 Å². The van der Waals surface area contributed by atoms with E-state index in [1.165, 1.54) is 11.3 Å². The van der Waals surface area contributed by atoms with Crippen LogP contribution in [-0.2, 0) is 0 Å². The third kappa shape index (κ3) is 1.97. The number of thiophene rings is 1. The Hall–Kier alpha value is -1.98. The molecule has 1 N–H and O–H groups in total. The minimum Gasteiger partial charge on any atom is -0.386 e. The van der Waals surface area contributed by atoms with Crippen LogP contribution in [0.3, 0.4) is 0 Å². The molecule has 0 radical (unpaired) electrons. The van der Waals surface area contributed by atoms with Gasteiger partial charge in [0.1, 0.15) is 6.10 Å². The highest BCUT2D eigenvalue weighted by atomic mass is 32.1. The average molecular weight is 273 g/mol. The summed E-state index contributed by atoms with van der Waals surface area (Å²) in [7, 11) is 0. The van der Waals surface area contributed by atoms with Crippen molar-refractivity contribution in [1.29, 1.82) is 0 Å². The van der Waals surface area contributed by atoms with Gasteiger partial charge in [0.15, 0.2) is 0 Å². The maximum Gasteiger partial charge on any atom is 0.261 e. The molecule has 3 rings (SSSR count). The largest absolute Gasteiger partial charge is 0.386 e. The molecule has 4 nitrogen and oxygen atoms in total. The summed E-state index contributed by atoms with van der Waals surface area (Å²) in [6.45, 7) is -0.00708. The zero-order chi connectivity index (χ0) is 13.4. The summed E-state index contributed by atoms with van der Waals surface area (Å²) in [6, 6.07) is 10.3. The fraction of sp³-hybridized carbons (Fsp3) is 0.143. The monoisotopic (exact) mass is 273 g/mol. The Morgan fingerprint density at radius 3 is 2.21 bits per heavy atom. The summed E-state index contributed by atoms with van der Waals surface area (Å²) in [5, 5.41) is 11.9. The van der Waals surface area contributed by atoms with Crippen LogP contribution in [0.2, 0.25) is 0 Å². The number of hydrogen-bond donors (Lipinski definition) is 1. The normalized spacial score (nSPS) is 15.7. The summed E-state index contributed by atoms with van der Waals surface area (Å²) < 4.78 is 0. The van der Waals surface area contributed by atoms with E-state index in [-0.39, 0.29) is 18.4 Å². The highest BCUT2D eigenvalue weighted by Crippen LogP contribution is 2.26. The van der Waals surface area contributed by atoms with Crippen LogP contribution in [0, 0.1) is 0 Å². The van der Waals surface area contributed by atoms with Crippen LogP contribution in [0.15, 0.2) is 41.8 Å². The number of rotatable bonds is 3. The topological polar surface area (TPSA) is 57.6 Å². The number of hydrogen-bond acceptors (Lipinski definition) is 4. The molecule has 0 saturated heterocycles. The van der Waals surface area contributed by atoms with Crippen molar-refractivity contribution >= 4 is 23.2 Å². The van der Waals surface area contributed by atoms with Crippen molar-refractivity contribution < 1.29 is 14.7 Å². The van der Waals surface area contributed by atoms with Crippen LogP contribution in [0.5, 0.6) is 0 Å². The Kier molecular flexibility index (Phi) is 2.93. The van der Waals surface area contributed by atoms with Crippen molar-refractivity contribution in [2.45, 2.75) is 6.10 Å². The van der Waals surface area contributed by atoms with Gasteiger partial charge >= 0.3 is 0 Å². The van der Waals surface area contributed by atoms with E-state index in [0.29, 0.717) is 11.1 Å². The van der Waals surface area contributed by atoms with Gasteiger partial charge in [0.2, 0.25) is 0 Å². The van der Waals surface area contributed by atoms with Gasteiger partial charge in [-0.05, 0) is 23.6 Å². The number of β-amino-alcohol motifs (C(OH)–C–C–N with tert-alkyl or cyclic N) is 1. The molecule has 2 aromatic rings. The van der Waals surface area contributed by atoms with Crippen LogP contribution < -0.4 is 0 Å². The molecule has 96 valence electrons. The highest BCUT2D eigenvalue weighted by Gasteiger charge is 2.36. The lowest BCUT2D eigenvalue weighted by Crippen LogP contribution is -2.33. The number of amides is 2. The number of fused-ring (bicyclic) bond motifs is 1. The standard InChI is InChI=1S/C14H11NO3S/c16-11(12-6-3-7-19-12)8-15-13(17)9-4-1-2-5-10(9)14(15)18/h1-7,11,16H,8H2/t11-/m1/s1. The van der Waals surface area contributed by atoms with Gasteiger partial charge in [0.05, 0.1) is 17.7 Å². The second-order valence-corrected chi connectivity index (χ2v) is 5.28. The third-order valence-corrected chi connectivity index (χ3v) is 4.08. The fourth-order valence-electron chi connectivity index (χ4n) is 2.15. The first-order valence-corrected chi connectivity index (χ1v) is 6.73. The Labute approximate surface area is 113 Å². The number of carbonyl (C=O) groups excluding carboxylic acids is 2. The van der Waals surface area contributed by atoms with E-state index >= 15 is 0 Å². The van der Waals surface area contributed by atoms with E-state index < -0.39 is 6.10 Å². The molecule has 1 aromatic carbocycles. The summed E-state index contributed by atoms with van der Waals surface area (Å²) in [5.41, 5.74) is 0.816. The number of aliphatic hydroxyl groups excluding tert-OH is 1. The van der Waals surface area contributed by atoms with E-state index in [2.05, 4.69) is 0 Å². The summed E-state index contributed by atoms with van der Waals surface area (Å²) in [5.74, 6) is -0.674. The number of benzene rings is 1. The molecule has 2 amide bonds. The first-order valence-electron chi connectivity index (χ1n) is 5.85. The second-order valence-electron chi connectivity index (χ2n) is 4.30. The van der Waals surface area contributed by atoms with Gasteiger partial charge in [-0.2, -0.15) is 0 Å². The summed E-state index contributed by atoms with van der Waals surface area (Å²) in [6.07, 6.45) is -0.831. The molecule has 1 aliphatic rings. The maximum atomic E-state index is 12.1. The molecule has 0 aliphatic carbocycles. The van der Waals surface area contributed by atoms with Crippen LogP contribution in [0.25, 0.3) is 0 Å². The second kappa shape index (κ2) is 4.60. The van der Waals surface area contributed by atoms with Crippen molar-refractivity contribution in [1.82, 2.24) is 4.90 Å². The zero-order valence-electron chi connectivity index (χ0n) is 9.95. The van der Waals surface area contributed by atoms with Crippen molar-refractivity contribution in [2.75, 3.05) is 6.54 Å². The van der Waals surface area contributed by atoms with Gasteiger partial charge in [0, 0.05) is 4.88 Å². The smallest absolute Gasteiger partial charge is 0.261 e. The molecule has 0 fully saturated rings. The van der Waals surface area contributed by atoms with E-state index in [4.69, 9.17) is 0 Å². The van der Waals surface area contributed by atoms with Gasteiger partial charge in [-0.3, -0.25) is 14.5 Å². The van der Waals surface area contributed by atoms with E-state index in [1.54, 1.807) is 30.3 Å². The SMILES string of the molecule is O=C1c2ccccc2C(=O)N1C[C@@H](O)c1cccs1. The molecule has 1 aromatic heterocycles. The first-order chi connectivity index (χ1) is 9.18. The molecule has 1 atom stereocenters. The van der Waals surface area contributed by atoms with Crippen LogP contribution in [0.4, 0.5) is 0 Å². The minimum atomic E-state index is -0.831. The van der Waals surface area contributed by atoms with Gasteiger partial charge in [-0.25, -0.2) is 0 Å². The summed E-state index contributed by atoms with van der Waals surface area (Å²) in [4.78, 5) is 26.1. The molecule has 0 spiro atoms. The molecule has 19 heavy (non-hydrogen) atoms. The molecule has 0 unspecified atom stereocenters. The lowest BCUT2D eigenvalue weighted by Gasteiger charge is -2.17. The predicted octanol–water partition coefficient (Wildman–Crippen LogP) is 2.08. The molecular formula is C14H11NO3S. The zero-order valence-corrected chi connectivity index (χ0v) is 10.8. The van der Waals surface area contributed by atoms with Crippen LogP contribution in [0.1, 0.15) is 31.7 Å². The Balaban J connectivity index is 1.85. The lowest BCUT2D eigenvalue weighted by atomic mass is 10.1. The number of aliphatic hydroxyl groups is 1. The quantitative estimate of drug-likeness (QED) is 0.871. The molecule has 2 heterocycles. The van der Waals surface area contributed by atoms with Crippen molar-refractivity contribution in [2.24, 2.45) is 0 Å². The number of carbonyl (C=O) groups is 2. The van der Waals surface area contributed by atoms with E-state index in [0.717, 1.165) is 9.78 Å². The molecular weight excluding hydrogens is 262 g/mol. The van der Waals surface area contributed by atoms with Crippen molar-refractivity contribution in [3.8, 4) is 0 Å². The molecule has 5 heteroatoms. The van der Waals surface area contributed by atoms with Gasteiger partial charge in [-0.15, -0.1) is 11.3 Å². The highest BCUT2D eigenvalue weighted by molar-refractivity contribution is 7.10. The Bertz CT molecular complexity index is 601. The number of nitrogens with zero attached hydrogens (tertiary/aromatic N) is 1. The fourth-order valence-corrected chi connectivity index (χ4v) is 2.85. The summed E-state index contributed by atoms with van der Waals surface area (Å²) >= 11 is 1.40. The average Bonchev–Trinajstić information content (AvgIpc) is 3.03. The van der Waals surface area contributed by atoms with Crippen LogP contribution >= 0.6 is 11.3 Å². The number of imide groups is 1. The lowest BCUT2D eigenvalue weighted by molar-refractivity contribution is 0.0547. The first kappa shape index (κ1) is 12.1. The molecule has 0 saturated carbocycles. The minimum absolute atomic E-state index is 0.00708. The van der Waals surface area contributed by atoms with E-state index in [9.17, 15) is 14.7 Å². The van der Waals surface area contributed by atoms with E-state index in [1.807, 2.05) is 11.4 Å². The van der Waals surface area contributed by atoms with Crippen molar-refractivity contribution in [3.05, 3.63) is 57.8 Å². The Morgan fingerprint density at radius 2 is 1.68 bits per heavy atom. The predicted molar refractivity (Wildman–Crippen MR) is 71.1 cm³/mol. The van der Waals surface area contributed by atoms with Crippen molar-refractivity contribution in [3.63, 3.8) is 0 Å². The van der Waals surface area contributed by atoms with Gasteiger partial charge in [0.25, 0.3) is 11.8 Å². The van der Waals surface area contributed by atoms with Gasteiger partial charge < -0.3 is 5.11 Å². The van der Waals surface area contributed by atoms with Gasteiger partial charge in [-0.1, -0.05) is 18.2 Å². The molecule has 1 aliphatic heterocycles.